The van der Waals surface area contributed by atoms with Crippen LogP contribution in [0.15, 0.2) is 24.3 Å². The van der Waals surface area contributed by atoms with E-state index in [0.29, 0.717) is 17.1 Å². The number of piperidine rings is 1. The van der Waals surface area contributed by atoms with E-state index in [1.807, 2.05) is 0 Å². The molecule has 6 heteroatoms. The van der Waals surface area contributed by atoms with Crippen molar-refractivity contribution in [1.82, 2.24) is 9.80 Å². The van der Waals surface area contributed by atoms with E-state index in [1.54, 1.807) is 29.2 Å². The molecule has 2 saturated heterocycles. The van der Waals surface area contributed by atoms with Gasteiger partial charge in [-0.2, -0.15) is 0 Å². The van der Waals surface area contributed by atoms with E-state index in [4.69, 9.17) is 11.6 Å². The van der Waals surface area contributed by atoms with Crippen LogP contribution in [0, 0.1) is 0 Å². The number of nitrogens with zero attached hydrogens (tertiary/aromatic N) is 2. The second-order valence-corrected chi connectivity index (χ2v) is 5.94. The normalized spacial score (nSPS) is 23.4. The van der Waals surface area contributed by atoms with Gasteiger partial charge in [0.15, 0.2) is 0 Å². The maximum atomic E-state index is 12.3. The lowest BCUT2D eigenvalue weighted by molar-refractivity contribution is -0.129. The molecule has 2 aliphatic rings. The number of carbonyl (C=O) groups is 2. The molecule has 3 amide bonds. The third-order valence-corrected chi connectivity index (χ3v) is 4.39. The zero-order valence-corrected chi connectivity index (χ0v) is 12.3. The van der Waals surface area contributed by atoms with Crippen LogP contribution >= 0.6 is 11.6 Å². The average Bonchev–Trinajstić information content (AvgIpc) is 2.73. The summed E-state index contributed by atoms with van der Waals surface area (Å²) in [6.07, 6.45) is 1.73. The van der Waals surface area contributed by atoms with Gasteiger partial charge in [0.05, 0.1) is 12.6 Å². The summed E-state index contributed by atoms with van der Waals surface area (Å²) >= 11 is 5.81. The fourth-order valence-corrected chi connectivity index (χ4v) is 3.10. The van der Waals surface area contributed by atoms with Gasteiger partial charge in [-0.15, -0.1) is 0 Å². The van der Waals surface area contributed by atoms with Crippen LogP contribution in [-0.2, 0) is 4.79 Å². The topological polar surface area (TPSA) is 60.9 Å². The summed E-state index contributed by atoms with van der Waals surface area (Å²) in [5.41, 5.74) is 0.643. The Bertz CT molecular complexity index is 537. The summed E-state index contributed by atoms with van der Waals surface area (Å²) in [6.45, 7) is 0.620. The third kappa shape index (κ3) is 2.63. The summed E-state index contributed by atoms with van der Waals surface area (Å²) in [7, 11) is 0. The highest BCUT2D eigenvalue weighted by molar-refractivity contribution is 6.30. The summed E-state index contributed by atoms with van der Waals surface area (Å²) in [4.78, 5) is 27.4. The summed E-state index contributed by atoms with van der Waals surface area (Å²) in [5.74, 6) is -0.187. The molecule has 2 heterocycles. The molecule has 112 valence electrons. The van der Waals surface area contributed by atoms with E-state index in [9.17, 15) is 14.7 Å². The largest absolute Gasteiger partial charge is 0.387 e. The van der Waals surface area contributed by atoms with Gasteiger partial charge in [0.2, 0.25) is 0 Å². The van der Waals surface area contributed by atoms with Crippen LogP contribution in [0.4, 0.5) is 4.79 Å². The number of fused-ring (bicyclic) bond motifs is 1. The molecular weight excluding hydrogens is 292 g/mol. The first-order chi connectivity index (χ1) is 10.1. The van der Waals surface area contributed by atoms with Gasteiger partial charge in [-0.1, -0.05) is 23.7 Å². The van der Waals surface area contributed by atoms with Crippen molar-refractivity contribution in [2.75, 3.05) is 13.1 Å². The summed E-state index contributed by atoms with van der Waals surface area (Å²) in [6, 6.07) is 6.14. The monoisotopic (exact) mass is 308 g/mol. The molecule has 2 aliphatic heterocycles. The SMILES string of the molecule is O=C1[C@H]2CCCCN2C(=O)N1C[C@@H](O)c1ccc(Cl)cc1. The summed E-state index contributed by atoms with van der Waals surface area (Å²) in [5, 5.41) is 10.8. The van der Waals surface area contributed by atoms with Gasteiger partial charge in [-0.25, -0.2) is 4.79 Å². The van der Waals surface area contributed by atoms with Gasteiger partial charge in [-0.05, 0) is 37.0 Å². The van der Waals surface area contributed by atoms with E-state index in [0.717, 1.165) is 19.3 Å². The Morgan fingerprint density at radius 1 is 1.24 bits per heavy atom. The number of hydrogen-bond acceptors (Lipinski definition) is 3. The van der Waals surface area contributed by atoms with Crippen LogP contribution in [0.5, 0.6) is 0 Å². The van der Waals surface area contributed by atoms with Gasteiger partial charge in [0.25, 0.3) is 5.91 Å². The van der Waals surface area contributed by atoms with Gasteiger partial charge in [-0.3, -0.25) is 9.69 Å². The number of hydrogen-bond donors (Lipinski definition) is 1. The second-order valence-electron chi connectivity index (χ2n) is 5.50. The molecule has 3 rings (SSSR count). The lowest BCUT2D eigenvalue weighted by atomic mass is 10.0. The van der Waals surface area contributed by atoms with Crippen LogP contribution in [0.25, 0.3) is 0 Å². The molecule has 1 N–H and O–H groups in total. The number of β-amino-alcohol motifs (C(OH)–C–C–N with tert-alkyl or cyclic N) is 1. The fraction of sp³-hybridized carbons (Fsp3) is 0.467. The van der Waals surface area contributed by atoms with Crippen molar-refractivity contribution >= 4 is 23.5 Å². The molecule has 0 aromatic heterocycles. The Morgan fingerprint density at radius 3 is 2.62 bits per heavy atom. The van der Waals surface area contributed by atoms with E-state index in [-0.39, 0.29) is 24.5 Å². The fourth-order valence-electron chi connectivity index (χ4n) is 2.98. The highest BCUT2D eigenvalue weighted by Gasteiger charge is 2.46. The molecule has 1 aromatic carbocycles. The standard InChI is InChI=1S/C15H17ClN2O3/c16-11-6-4-10(5-7-11)13(19)9-18-14(20)12-3-1-2-8-17(12)15(18)21/h4-7,12-13,19H,1-3,8-9H2/t12-,13-/m1/s1. The molecule has 5 nitrogen and oxygen atoms in total. The first-order valence-electron chi connectivity index (χ1n) is 7.13. The molecule has 0 saturated carbocycles. The minimum Gasteiger partial charge on any atom is -0.387 e. The van der Waals surface area contributed by atoms with Crippen LogP contribution in [-0.4, -0.2) is 46.0 Å². The van der Waals surface area contributed by atoms with Crippen LogP contribution in [0.2, 0.25) is 5.02 Å². The number of imide groups is 1. The number of aliphatic hydroxyl groups excluding tert-OH is 1. The molecule has 0 unspecified atom stereocenters. The quantitative estimate of drug-likeness (QED) is 0.871. The van der Waals surface area contributed by atoms with Gasteiger partial charge in [0, 0.05) is 11.6 Å². The van der Waals surface area contributed by atoms with Crippen molar-refractivity contribution in [3.8, 4) is 0 Å². The predicted octanol–water partition coefficient (Wildman–Crippen LogP) is 2.19. The number of benzene rings is 1. The van der Waals surface area contributed by atoms with E-state index in [2.05, 4.69) is 0 Å². The Kier molecular flexibility index (Phi) is 3.87. The van der Waals surface area contributed by atoms with Crippen molar-refractivity contribution in [3.05, 3.63) is 34.9 Å². The second kappa shape index (κ2) is 5.66. The number of rotatable bonds is 3. The number of urea groups is 1. The van der Waals surface area contributed by atoms with Crippen molar-refractivity contribution in [2.24, 2.45) is 0 Å². The zero-order valence-electron chi connectivity index (χ0n) is 11.5. The molecule has 0 spiro atoms. The molecule has 0 aliphatic carbocycles. The molecule has 2 atom stereocenters. The maximum absolute atomic E-state index is 12.3. The van der Waals surface area contributed by atoms with E-state index in [1.165, 1.54) is 4.90 Å². The van der Waals surface area contributed by atoms with Gasteiger partial charge >= 0.3 is 6.03 Å². The first kappa shape index (κ1) is 14.4. The smallest absolute Gasteiger partial charge is 0.327 e. The van der Waals surface area contributed by atoms with E-state index < -0.39 is 6.10 Å². The van der Waals surface area contributed by atoms with Crippen LogP contribution in [0.1, 0.15) is 30.9 Å². The lowest BCUT2D eigenvalue weighted by Crippen LogP contribution is -2.39. The minimum atomic E-state index is -0.892. The third-order valence-electron chi connectivity index (χ3n) is 4.14. The Labute approximate surface area is 128 Å². The highest BCUT2D eigenvalue weighted by atomic mass is 35.5. The minimum absolute atomic E-state index is 0.00764. The number of aliphatic hydroxyl groups is 1. The summed E-state index contributed by atoms with van der Waals surface area (Å²) < 4.78 is 0. The Morgan fingerprint density at radius 2 is 1.95 bits per heavy atom. The maximum Gasteiger partial charge on any atom is 0.327 e. The van der Waals surface area contributed by atoms with Crippen molar-refractivity contribution in [3.63, 3.8) is 0 Å². The van der Waals surface area contributed by atoms with Crippen molar-refractivity contribution < 1.29 is 14.7 Å². The Hall–Kier alpha value is -1.59. The lowest BCUT2D eigenvalue weighted by Gasteiger charge is -2.26. The average molecular weight is 309 g/mol. The molecule has 0 bridgehead atoms. The molecule has 21 heavy (non-hydrogen) atoms. The molecule has 1 aromatic rings. The predicted molar refractivity (Wildman–Crippen MR) is 77.9 cm³/mol. The number of halogens is 1. The molecule has 2 fully saturated rings. The van der Waals surface area contributed by atoms with E-state index >= 15 is 0 Å². The highest BCUT2D eigenvalue weighted by Crippen LogP contribution is 2.28. The number of carbonyl (C=O) groups excluding carboxylic acids is 2. The first-order valence-corrected chi connectivity index (χ1v) is 7.51. The number of amides is 3. The Balaban J connectivity index is 1.73. The zero-order chi connectivity index (χ0) is 15.0. The molecule has 0 radical (unpaired) electrons. The van der Waals surface area contributed by atoms with Crippen molar-refractivity contribution in [1.29, 1.82) is 0 Å². The van der Waals surface area contributed by atoms with Crippen LogP contribution in [0.3, 0.4) is 0 Å². The van der Waals surface area contributed by atoms with Gasteiger partial charge < -0.3 is 10.0 Å². The molecular formula is C15H17ClN2O3. The van der Waals surface area contributed by atoms with Gasteiger partial charge in [0.1, 0.15) is 6.04 Å². The van der Waals surface area contributed by atoms with Crippen LogP contribution < -0.4 is 0 Å². The van der Waals surface area contributed by atoms with Crippen molar-refractivity contribution in [2.45, 2.75) is 31.4 Å².